The first-order valence-corrected chi connectivity index (χ1v) is 7.46. The van der Waals surface area contributed by atoms with Gasteiger partial charge in [-0.1, -0.05) is 51.0 Å². The van der Waals surface area contributed by atoms with Crippen molar-refractivity contribution in [2.24, 2.45) is 0 Å². The minimum atomic E-state index is -0.439. The highest BCUT2D eigenvalue weighted by Crippen LogP contribution is 2.21. The maximum Gasteiger partial charge on any atom is 0.264 e. The molecular formula is C16H20O2S. The SMILES string of the molecule is C=C(CCCCCC)C(=O)C(=O)Sc1ccccc1. The van der Waals surface area contributed by atoms with Crippen molar-refractivity contribution in [3.63, 3.8) is 0 Å². The van der Waals surface area contributed by atoms with Gasteiger partial charge in [0.2, 0.25) is 5.78 Å². The largest absolute Gasteiger partial charge is 0.285 e. The molecule has 0 saturated carbocycles. The molecule has 0 bridgehead atoms. The van der Waals surface area contributed by atoms with Gasteiger partial charge in [0, 0.05) is 4.90 Å². The molecule has 0 saturated heterocycles. The van der Waals surface area contributed by atoms with E-state index in [4.69, 9.17) is 0 Å². The van der Waals surface area contributed by atoms with E-state index in [9.17, 15) is 9.59 Å². The Balaban J connectivity index is 2.39. The maximum absolute atomic E-state index is 11.8. The minimum Gasteiger partial charge on any atom is -0.285 e. The smallest absolute Gasteiger partial charge is 0.264 e. The van der Waals surface area contributed by atoms with Crippen LogP contribution in [0.3, 0.4) is 0 Å². The van der Waals surface area contributed by atoms with E-state index in [0.717, 1.165) is 42.3 Å². The summed E-state index contributed by atoms with van der Waals surface area (Å²) < 4.78 is 0. The number of rotatable bonds is 8. The van der Waals surface area contributed by atoms with Crippen molar-refractivity contribution in [2.75, 3.05) is 0 Å². The number of thioether (sulfide) groups is 1. The Hall–Kier alpha value is -1.35. The van der Waals surface area contributed by atoms with Crippen molar-refractivity contribution in [3.05, 3.63) is 42.5 Å². The molecule has 0 amide bonds. The number of benzene rings is 1. The molecule has 0 unspecified atom stereocenters. The van der Waals surface area contributed by atoms with Crippen molar-refractivity contribution in [2.45, 2.75) is 43.9 Å². The molecule has 0 radical (unpaired) electrons. The second kappa shape index (κ2) is 8.70. The Morgan fingerprint density at radius 1 is 1.11 bits per heavy atom. The normalized spacial score (nSPS) is 10.2. The summed E-state index contributed by atoms with van der Waals surface area (Å²) in [5.41, 5.74) is 0.435. The molecule has 0 aliphatic heterocycles. The van der Waals surface area contributed by atoms with Crippen LogP contribution in [0.5, 0.6) is 0 Å². The molecule has 1 aromatic carbocycles. The van der Waals surface area contributed by atoms with Crippen LogP contribution in [-0.2, 0) is 9.59 Å². The lowest BCUT2D eigenvalue weighted by Gasteiger charge is -2.04. The van der Waals surface area contributed by atoms with Crippen LogP contribution in [0.15, 0.2) is 47.4 Å². The fourth-order valence-corrected chi connectivity index (χ4v) is 2.41. The molecule has 1 rings (SSSR count). The summed E-state index contributed by atoms with van der Waals surface area (Å²) in [6, 6.07) is 9.21. The van der Waals surface area contributed by atoms with Crippen molar-refractivity contribution < 1.29 is 9.59 Å². The van der Waals surface area contributed by atoms with Crippen LogP contribution in [0.25, 0.3) is 0 Å². The number of hydrogen-bond donors (Lipinski definition) is 0. The van der Waals surface area contributed by atoms with Crippen LogP contribution in [0.1, 0.15) is 39.0 Å². The molecule has 0 aliphatic rings. The van der Waals surface area contributed by atoms with Gasteiger partial charge in [-0.05, 0) is 42.3 Å². The lowest BCUT2D eigenvalue weighted by atomic mass is 10.1. The molecule has 0 N–H and O–H groups in total. The van der Waals surface area contributed by atoms with Gasteiger partial charge in [-0.2, -0.15) is 0 Å². The Labute approximate surface area is 119 Å². The fourth-order valence-electron chi connectivity index (χ4n) is 1.66. The van der Waals surface area contributed by atoms with E-state index in [1.54, 1.807) is 0 Å². The van der Waals surface area contributed by atoms with Crippen molar-refractivity contribution in [1.82, 2.24) is 0 Å². The summed E-state index contributed by atoms with van der Waals surface area (Å²) in [5.74, 6) is -0.439. The van der Waals surface area contributed by atoms with Crippen molar-refractivity contribution >= 4 is 22.7 Å². The van der Waals surface area contributed by atoms with Crippen LogP contribution in [0, 0.1) is 0 Å². The quantitative estimate of drug-likeness (QED) is 0.305. The van der Waals surface area contributed by atoms with Crippen LogP contribution in [-0.4, -0.2) is 10.9 Å². The second-order valence-electron chi connectivity index (χ2n) is 4.45. The number of carbonyl (C=O) groups is 2. The molecule has 19 heavy (non-hydrogen) atoms. The van der Waals surface area contributed by atoms with Gasteiger partial charge >= 0.3 is 0 Å². The molecule has 1 aromatic rings. The van der Waals surface area contributed by atoms with Gasteiger partial charge < -0.3 is 0 Å². The highest BCUT2D eigenvalue weighted by Gasteiger charge is 2.18. The van der Waals surface area contributed by atoms with Gasteiger partial charge in [0.15, 0.2) is 0 Å². The first-order valence-electron chi connectivity index (χ1n) is 6.64. The van der Waals surface area contributed by atoms with E-state index in [2.05, 4.69) is 13.5 Å². The van der Waals surface area contributed by atoms with E-state index >= 15 is 0 Å². The molecule has 102 valence electrons. The average molecular weight is 276 g/mol. The summed E-state index contributed by atoms with van der Waals surface area (Å²) in [7, 11) is 0. The van der Waals surface area contributed by atoms with Crippen LogP contribution >= 0.6 is 11.8 Å². The van der Waals surface area contributed by atoms with Gasteiger partial charge in [0.1, 0.15) is 0 Å². The van der Waals surface area contributed by atoms with Gasteiger partial charge in [0.25, 0.3) is 5.12 Å². The van der Waals surface area contributed by atoms with Gasteiger partial charge in [-0.15, -0.1) is 0 Å². The van der Waals surface area contributed by atoms with Crippen molar-refractivity contribution in [1.29, 1.82) is 0 Å². The summed E-state index contributed by atoms with van der Waals surface area (Å²) >= 11 is 0.974. The maximum atomic E-state index is 11.8. The lowest BCUT2D eigenvalue weighted by Crippen LogP contribution is -2.12. The Kier molecular flexibility index (Phi) is 7.19. The molecule has 3 heteroatoms. The topological polar surface area (TPSA) is 34.1 Å². The average Bonchev–Trinajstić information content (AvgIpc) is 2.43. The number of hydrogen-bond acceptors (Lipinski definition) is 3. The van der Waals surface area contributed by atoms with Crippen molar-refractivity contribution in [3.8, 4) is 0 Å². The number of unbranched alkanes of at least 4 members (excludes halogenated alkanes) is 3. The van der Waals surface area contributed by atoms with Gasteiger partial charge in [-0.25, -0.2) is 0 Å². The first-order chi connectivity index (χ1) is 9.15. The van der Waals surface area contributed by atoms with E-state index < -0.39 is 10.9 Å². The fraction of sp³-hybridized carbons (Fsp3) is 0.375. The third-order valence-corrected chi connectivity index (χ3v) is 3.67. The van der Waals surface area contributed by atoms with E-state index in [0.29, 0.717) is 12.0 Å². The standard InChI is InChI=1S/C16H20O2S/c1-3-4-5-7-10-13(2)15(17)16(18)19-14-11-8-6-9-12-14/h6,8-9,11-12H,2-5,7,10H2,1H3. The molecular weight excluding hydrogens is 256 g/mol. The summed E-state index contributed by atoms with van der Waals surface area (Å²) in [6.45, 7) is 5.87. The Morgan fingerprint density at radius 3 is 2.42 bits per heavy atom. The Morgan fingerprint density at radius 2 is 1.79 bits per heavy atom. The van der Waals surface area contributed by atoms with Gasteiger partial charge in [-0.3, -0.25) is 9.59 Å². The molecule has 0 aliphatic carbocycles. The van der Waals surface area contributed by atoms with E-state index in [-0.39, 0.29) is 0 Å². The minimum absolute atomic E-state index is 0.435. The number of ketones is 1. The molecule has 0 fully saturated rings. The third kappa shape index (κ3) is 5.88. The predicted molar refractivity (Wildman–Crippen MR) is 80.2 cm³/mol. The number of Topliss-reactive ketones (excluding diaryl/α,β-unsaturated/α-hetero) is 1. The Bertz CT molecular complexity index is 437. The first kappa shape index (κ1) is 15.7. The van der Waals surface area contributed by atoms with Crippen LogP contribution in [0.4, 0.5) is 0 Å². The number of allylic oxidation sites excluding steroid dienone is 1. The summed E-state index contributed by atoms with van der Waals surface area (Å²) in [4.78, 5) is 24.4. The third-order valence-electron chi connectivity index (χ3n) is 2.79. The molecule has 2 nitrogen and oxygen atoms in total. The zero-order valence-corrected chi connectivity index (χ0v) is 12.2. The second-order valence-corrected chi connectivity index (χ2v) is 5.49. The zero-order valence-electron chi connectivity index (χ0n) is 11.4. The predicted octanol–water partition coefficient (Wildman–Crippen LogP) is 4.40. The number of carbonyl (C=O) groups excluding carboxylic acids is 2. The van der Waals surface area contributed by atoms with E-state index in [1.165, 1.54) is 0 Å². The monoisotopic (exact) mass is 276 g/mol. The molecule has 0 aromatic heterocycles. The molecule has 0 spiro atoms. The van der Waals surface area contributed by atoms with E-state index in [1.807, 2.05) is 30.3 Å². The van der Waals surface area contributed by atoms with Crippen LogP contribution < -0.4 is 0 Å². The summed E-state index contributed by atoms with van der Waals surface area (Å²) in [6.07, 6.45) is 4.96. The lowest BCUT2D eigenvalue weighted by molar-refractivity contribution is -0.129. The van der Waals surface area contributed by atoms with Gasteiger partial charge in [0.05, 0.1) is 0 Å². The highest BCUT2D eigenvalue weighted by molar-refractivity contribution is 8.15. The highest BCUT2D eigenvalue weighted by atomic mass is 32.2. The van der Waals surface area contributed by atoms with Crippen LogP contribution in [0.2, 0.25) is 0 Å². The molecule has 0 atom stereocenters. The summed E-state index contributed by atoms with van der Waals surface area (Å²) in [5, 5.41) is -0.438. The molecule has 0 heterocycles. The zero-order chi connectivity index (χ0) is 14.1.